The lowest BCUT2D eigenvalue weighted by Crippen LogP contribution is -2.01. The lowest BCUT2D eigenvalue weighted by Gasteiger charge is -2.09. The number of alkyl halides is 2. The Morgan fingerprint density at radius 1 is 1.11 bits per heavy atom. The van der Waals surface area contributed by atoms with Crippen LogP contribution in [-0.4, -0.2) is 41.9 Å². The fourth-order valence-electron chi connectivity index (χ4n) is 2.42. The number of nitrogens with zero attached hydrogens (tertiary/aromatic N) is 3. The Kier molecular flexibility index (Phi) is 5.99. The van der Waals surface area contributed by atoms with Crippen molar-refractivity contribution in [2.75, 3.05) is 14.2 Å². The first kappa shape index (κ1) is 19.5. The third-order valence-electron chi connectivity index (χ3n) is 3.72. The molecule has 0 saturated heterocycles. The molecule has 2 aromatic carbocycles. The van der Waals surface area contributed by atoms with Gasteiger partial charge in [-0.25, -0.2) is 5.10 Å². The van der Waals surface area contributed by atoms with Crippen LogP contribution < -0.4 is 14.2 Å². The molecule has 28 heavy (non-hydrogen) atoms. The minimum absolute atomic E-state index is 0.0677. The molecule has 0 unspecified atom stereocenters. The van der Waals surface area contributed by atoms with Crippen LogP contribution in [0.15, 0.2) is 47.6 Å². The van der Waals surface area contributed by atoms with Crippen LogP contribution in [0.1, 0.15) is 5.56 Å². The normalized spacial score (nSPS) is 11.2. The van der Waals surface area contributed by atoms with E-state index in [1.54, 1.807) is 37.4 Å². The van der Waals surface area contributed by atoms with Crippen molar-refractivity contribution in [1.29, 1.82) is 0 Å². The van der Waals surface area contributed by atoms with Crippen molar-refractivity contribution in [1.82, 2.24) is 14.9 Å². The molecule has 0 saturated carbocycles. The molecule has 0 aliphatic heterocycles. The number of benzene rings is 2. The fourth-order valence-corrected chi connectivity index (χ4v) is 2.60. The van der Waals surface area contributed by atoms with Gasteiger partial charge in [0, 0.05) is 5.56 Å². The average Bonchev–Trinajstić information content (AvgIpc) is 3.07. The summed E-state index contributed by atoms with van der Waals surface area (Å²) in [5, 5.41) is 11.2. The Morgan fingerprint density at radius 3 is 2.46 bits per heavy atom. The van der Waals surface area contributed by atoms with Crippen LogP contribution in [-0.2, 0) is 0 Å². The van der Waals surface area contributed by atoms with E-state index in [1.165, 1.54) is 30.1 Å². The van der Waals surface area contributed by atoms with Crippen LogP contribution >= 0.6 is 12.2 Å². The molecule has 146 valence electrons. The molecule has 0 bridgehead atoms. The van der Waals surface area contributed by atoms with E-state index in [1.807, 2.05) is 0 Å². The summed E-state index contributed by atoms with van der Waals surface area (Å²) in [5.41, 5.74) is 1.38. The SMILES string of the molecule is COc1ccc(-c2n[nH]c(=S)n2/N=C\c2ccc(OC(F)F)cc2)cc1OC. The topological polar surface area (TPSA) is 73.7 Å². The summed E-state index contributed by atoms with van der Waals surface area (Å²) in [6.07, 6.45) is 1.53. The van der Waals surface area contributed by atoms with Crippen LogP contribution in [0.25, 0.3) is 11.4 Å². The van der Waals surface area contributed by atoms with Crippen molar-refractivity contribution in [3.8, 4) is 28.6 Å². The second-order valence-electron chi connectivity index (χ2n) is 5.43. The summed E-state index contributed by atoms with van der Waals surface area (Å²) in [7, 11) is 3.09. The summed E-state index contributed by atoms with van der Waals surface area (Å²) in [6.45, 7) is -2.87. The Labute approximate surface area is 164 Å². The average molecular weight is 406 g/mol. The zero-order chi connectivity index (χ0) is 20.1. The Bertz CT molecular complexity index is 1030. The number of rotatable bonds is 7. The third-order valence-corrected chi connectivity index (χ3v) is 3.98. The van der Waals surface area contributed by atoms with Gasteiger partial charge >= 0.3 is 6.61 Å². The van der Waals surface area contributed by atoms with E-state index in [-0.39, 0.29) is 5.75 Å². The highest BCUT2D eigenvalue weighted by molar-refractivity contribution is 7.71. The van der Waals surface area contributed by atoms with Gasteiger partial charge in [-0.3, -0.25) is 0 Å². The molecular formula is C18H16F2N4O3S. The van der Waals surface area contributed by atoms with Crippen LogP contribution in [0.4, 0.5) is 8.78 Å². The molecule has 1 heterocycles. The van der Waals surface area contributed by atoms with Gasteiger partial charge in [-0.05, 0) is 60.2 Å². The quantitative estimate of drug-likeness (QED) is 0.472. The lowest BCUT2D eigenvalue weighted by atomic mass is 10.2. The van der Waals surface area contributed by atoms with Crippen molar-refractivity contribution in [3.63, 3.8) is 0 Å². The van der Waals surface area contributed by atoms with Crippen molar-refractivity contribution in [2.24, 2.45) is 5.10 Å². The highest BCUT2D eigenvalue weighted by atomic mass is 32.1. The van der Waals surface area contributed by atoms with Gasteiger partial charge in [0.25, 0.3) is 0 Å². The molecule has 0 spiro atoms. The van der Waals surface area contributed by atoms with Crippen molar-refractivity contribution >= 4 is 18.4 Å². The minimum Gasteiger partial charge on any atom is -0.493 e. The van der Waals surface area contributed by atoms with Gasteiger partial charge in [0.2, 0.25) is 4.77 Å². The standard InChI is InChI=1S/C18H16F2N4O3S/c1-25-14-8-5-12(9-15(14)26-2)16-22-23-18(28)24(16)21-10-11-3-6-13(7-4-11)27-17(19)20/h3-10,17H,1-2H3,(H,23,28)/b21-10-. The number of hydrogen-bond acceptors (Lipinski definition) is 6. The van der Waals surface area contributed by atoms with Gasteiger partial charge in [0.1, 0.15) is 5.75 Å². The van der Waals surface area contributed by atoms with Crippen LogP contribution in [0.5, 0.6) is 17.2 Å². The first-order chi connectivity index (χ1) is 13.5. The molecule has 3 aromatic rings. The molecule has 0 aliphatic rings. The van der Waals surface area contributed by atoms with E-state index in [4.69, 9.17) is 21.7 Å². The van der Waals surface area contributed by atoms with E-state index in [0.717, 1.165) is 0 Å². The van der Waals surface area contributed by atoms with Gasteiger partial charge in [0.15, 0.2) is 17.3 Å². The van der Waals surface area contributed by atoms with Gasteiger partial charge < -0.3 is 14.2 Å². The predicted octanol–water partition coefficient (Wildman–Crippen LogP) is 4.11. The molecule has 0 radical (unpaired) electrons. The number of hydrogen-bond donors (Lipinski definition) is 1. The first-order valence-electron chi connectivity index (χ1n) is 8.01. The fraction of sp³-hybridized carbons (Fsp3) is 0.167. The number of methoxy groups -OCH3 is 2. The molecule has 3 rings (SSSR count). The molecule has 0 aliphatic carbocycles. The van der Waals surface area contributed by atoms with Gasteiger partial charge in [-0.15, -0.1) is 0 Å². The zero-order valence-electron chi connectivity index (χ0n) is 14.9. The maximum Gasteiger partial charge on any atom is 0.387 e. The molecule has 0 fully saturated rings. The van der Waals surface area contributed by atoms with Crippen molar-refractivity contribution in [3.05, 3.63) is 52.8 Å². The highest BCUT2D eigenvalue weighted by Gasteiger charge is 2.12. The van der Waals surface area contributed by atoms with E-state index in [0.29, 0.717) is 33.2 Å². The second kappa shape index (κ2) is 8.61. The molecule has 1 aromatic heterocycles. The lowest BCUT2D eigenvalue weighted by molar-refractivity contribution is -0.0498. The van der Waals surface area contributed by atoms with E-state index < -0.39 is 6.61 Å². The third kappa shape index (κ3) is 4.34. The van der Waals surface area contributed by atoms with Crippen LogP contribution in [0.2, 0.25) is 0 Å². The van der Waals surface area contributed by atoms with Gasteiger partial charge in [-0.1, -0.05) is 0 Å². The van der Waals surface area contributed by atoms with Crippen molar-refractivity contribution in [2.45, 2.75) is 6.61 Å². The van der Waals surface area contributed by atoms with Crippen molar-refractivity contribution < 1.29 is 23.0 Å². The number of nitrogens with one attached hydrogen (secondary N) is 1. The predicted molar refractivity (Wildman–Crippen MR) is 102 cm³/mol. The number of H-pyrrole nitrogens is 1. The molecule has 0 amide bonds. The van der Waals surface area contributed by atoms with Gasteiger partial charge in [-0.2, -0.15) is 23.7 Å². The number of aromatic nitrogens is 3. The molecule has 0 atom stereocenters. The number of ether oxygens (including phenoxy) is 3. The summed E-state index contributed by atoms with van der Waals surface area (Å²) >= 11 is 5.24. The van der Waals surface area contributed by atoms with E-state index in [9.17, 15) is 8.78 Å². The smallest absolute Gasteiger partial charge is 0.387 e. The number of aromatic amines is 1. The number of halogens is 2. The minimum atomic E-state index is -2.87. The molecular weight excluding hydrogens is 390 g/mol. The van der Waals surface area contributed by atoms with Gasteiger partial charge in [0.05, 0.1) is 20.4 Å². The monoisotopic (exact) mass is 406 g/mol. The van der Waals surface area contributed by atoms with E-state index in [2.05, 4.69) is 20.0 Å². The summed E-state index contributed by atoms with van der Waals surface area (Å²) < 4.78 is 41.0. The maximum absolute atomic E-state index is 12.2. The van der Waals surface area contributed by atoms with Crippen LogP contribution in [0, 0.1) is 4.77 Å². The molecule has 7 nitrogen and oxygen atoms in total. The second-order valence-corrected chi connectivity index (χ2v) is 5.81. The summed E-state index contributed by atoms with van der Waals surface area (Å²) in [6, 6.07) is 11.4. The van der Waals surface area contributed by atoms with E-state index >= 15 is 0 Å². The maximum atomic E-state index is 12.2. The first-order valence-corrected chi connectivity index (χ1v) is 8.41. The Hall–Kier alpha value is -3.27. The Balaban J connectivity index is 1.89. The van der Waals surface area contributed by atoms with Crippen LogP contribution in [0.3, 0.4) is 0 Å². The Morgan fingerprint density at radius 2 is 1.82 bits per heavy atom. The molecule has 1 N–H and O–H groups in total. The highest BCUT2D eigenvalue weighted by Crippen LogP contribution is 2.31. The summed E-state index contributed by atoms with van der Waals surface area (Å²) in [4.78, 5) is 0. The zero-order valence-corrected chi connectivity index (χ0v) is 15.7. The largest absolute Gasteiger partial charge is 0.493 e. The summed E-state index contributed by atoms with van der Waals surface area (Å²) in [5.74, 6) is 1.67. The molecule has 10 heteroatoms.